The average Bonchev–Trinajstić information content (AvgIpc) is 3.18. The Morgan fingerprint density at radius 3 is 2.83 bits per heavy atom. The molecule has 132 valence electrons. The number of rotatable bonds is 5. The molecule has 0 spiro atoms. The van der Waals surface area contributed by atoms with Crippen LogP contribution in [-0.2, 0) is 16.1 Å². The van der Waals surface area contributed by atoms with Gasteiger partial charge in [0.05, 0.1) is 37.7 Å². The van der Waals surface area contributed by atoms with Crippen molar-refractivity contribution in [1.29, 1.82) is 0 Å². The van der Waals surface area contributed by atoms with Gasteiger partial charge in [-0.15, -0.1) is 24.8 Å². The maximum absolute atomic E-state index is 12.0. The van der Waals surface area contributed by atoms with Crippen molar-refractivity contribution < 1.29 is 9.53 Å². The summed E-state index contributed by atoms with van der Waals surface area (Å²) < 4.78 is 7.21. The van der Waals surface area contributed by atoms with Crippen molar-refractivity contribution in [2.24, 2.45) is 0 Å². The van der Waals surface area contributed by atoms with E-state index in [1.165, 1.54) is 0 Å². The topological polar surface area (TPSA) is 71.4 Å². The largest absolute Gasteiger partial charge is 0.379 e. The highest BCUT2D eigenvalue weighted by molar-refractivity contribution is 5.94. The molecule has 1 aromatic rings. The normalized spacial score (nSPS) is 21.3. The fourth-order valence-corrected chi connectivity index (χ4v) is 2.76. The minimum absolute atomic E-state index is 0. The average molecular weight is 366 g/mol. The Morgan fingerprint density at radius 2 is 2.13 bits per heavy atom. The standard InChI is InChI=1S/C14H23N5O2.2ClH/c20-14(13-2-1-3-15-13)17-12-10-16-19(11-12)5-4-18-6-8-21-9-7-18;;/h10-11,13,15H,1-9H2,(H,17,20);2*1H. The van der Waals surface area contributed by atoms with Crippen LogP contribution < -0.4 is 10.6 Å². The van der Waals surface area contributed by atoms with Crippen molar-refractivity contribution in [1.82, 2.24) is 20.0 Å². The first kappa shape index (κ1) is 20.2. The summed E-state index contributed by atoms with van der Waals surface area (Å²) in [6.45, 7) is 6.32. The summed E-state index contributed by atoms with van der Waals surface area (Å²) in [5.41, 5.74) is 0.774. The molecule has 2 fully saturated rings. The van der Waals surface area contributed by atoms with Crippen LogP contribution in [0.5, 0.6) is 0 Å². The lowest BCUT2D eigenvalue weighted by molar-refractivity contribution is -0.117. The lowest BCUT2D eigenvalue weighted by Gasteiger charge is -2.26. The van der Waals surface area contributed by atoms with Gasteiger partial charge in [-0.1, -0.05) is 0 Å². The van der Waals surface area contributed by atoms with Crippen molar-refractivity contribution >= 4 is 36.4 Å². The highest BCUT2D eigenvalue weighted by Gasteiger charge is 2.22. The highest BCUT2D eigenvalue weighted by Crippen LogP contribution is 2.10. The molecule has 0 radical (unpaired) electrons. The number of halogens is 2. The molecule has 9 heteroatoms. The van der Waals surface area contributed by atoms with E-state index in [4.69, 9.17) is 4.74 Å². The number of hydrogen-bond acceptors (Lipinski definition) is 5. The highest BCUT2D eigenvalue weighted by atomic mass is 35.5. The molecule has 1 aromatic heterocycles. The van der Waals surface area contributed by atoms with Gasteiger partial charge in [-0.3, -0.25) is 14.4 Å². The number of carbonyl (C=O) groups excluding carboxylic acids is 1. The molecule has 7 nitrogen and oxygen atoms in total. The lowest BCUT2D eigenvalue weighted by Crippen LogP contribution is -2.38. The van der Waals surface area contributed by atoms with Crippen LogP contribution >= 0.6 is 24.8 Å². The minimum Gasteiger partial charge on any atom is -0.379 e. The molecule has 1 unspecified atom stereocenters. The van der Waals surface area contributed by atoms with E-state index in [0.29, 0.717) is 0 Å². The van der Waals surface area contributed by atoms with Crippen LogP contribution in [0, 0.1) is 0 Å². The summed E-state index contributed by atoms with van der Waals surface area (Å²) in [6.07, 6.45) is 5.59. The van der Waals surface area contributed by atoms with Crippen LogP contribution in [0.2, 0.25) is 0 Å². The van der Waals surface area contributed by atoms with Gasteiger partial charge in [0, 0.05) is 25.8 Å². The molecule has 0 aromatic carbocycles. The third-order valence-electron chi connectivity index (χ3n) is 4.03. The molecule has 1 amide bonds. The van der Waals surface area contributed by atoms with Gasteiger partial charge in [0.25, 0.3) is 0 Å². The van der Waals surface area contributed by atoms with Crippen molar-refractivity contribution in [2.75, 3.05) is 44.7 Å². The Balaban J connectivity index is 0.00000132. The molecule has 2 aliphatic heterocycles. The Hall–Kier alpha value is -0.860. The van der Waals surface area contributed by atoms with Crippen molar-refractivity contribution in [2.45, 2.75) is 25.4 Å². The first-order chi connectivity index (χ1) is 10.3. The van der Waals surface area contributed by atoms with Crippen LogP contribution in [0.1, 0.15) is 12.8 Å². The molecule has 0 saturated carbocycles. The van der Waals surface area contributed by atoms with Crippen LogP contribution in [-0.4, -0.2) is 66.0 Å². The molecule has 3 rings (SSSR count). The third kappa shape index (κ3) is 5.93. The van der Waals surface area contributed by atoms with E-state index in [1.807, 2.05) is 10.9 Å². The van der Waals surface area contributed by atoms with Crippen LogP contribution in [0.15, 0.2) is 12.4 Å². The zero-order chi connectivity index (χ0) is 14.5. The maximum Gasteiger partial charge on any atom is 0.241 e. The van der Waals surface area contributed by atoms with E-state index in [1.54, 1.807) is 6.20 Å². The van der Waals surface area contributed by atoms with E-state index in [0.717, 1.165) is 64.5 Å². The number of morpholine rings is 1. The molecule has 0 bridgehead atoms. The second-order valence-electron chi connectivity index (χ2n) is 5.58. The van der Waals surface area contributed by atoms with E-state index in [2.05, 4.69) is 20.6 Å². The smallest absolute Gasteiger partial charge is 0.241 e. The second-order valence-corrected chi connectivity index (χ2v) is 5.58. The number of ether oxygens (including phenoxy) is 1. The van der Waals surface area contributed by atoms with Gasteiger partial charge in [-0.2, -0.15) is 5.10 Å². The molecular weight excluding hydrogens is 341 g/mol. The first-order valence-corrected chi connectivity index (χ1v) is 7.68. The monoisotopic (exact) mass is 365 g/mol. The molecule has 1 atom stereocenters. The van der Waals surface area contributed by atoms with Gasteiger partial charge >= 0.3 is 0 Å². The third-order valence-corrected chi connectivity index (χ3v) is 4.03. The van der Waals surface area contributed by atoms with Crippen LogP contribution in [0.4, 0.5) is 5.69 Å². The maximum atomic E-state index is 12.0. The van der Waals surface area contributed by atoms with Crippen molar-refractivity contribution in [3.8, 4) is 0 Å². The fourth-order valence-electron chi connectivity index (χ4n) is 2.76. The molecule has 2 aliphatic rings. The number of nitrogens with zero attached hydrogens (tertiary/aromatic N) is 3. The Kier molecular flexibility index (Phi) is 8.86. The van der Waals surface area contributed by atoms with Crippen LogP contribution in [0.25, 0.3) is 0 Å². The summed E-state index contributed by atoms with van der Waals surface area (Å²) in [5.74, 6) is 0.0419. The molecule has 2 N–H and O–H groups in total. The molecule has 0 aliphatic carbocycles. The van der Waals surface area contributed by atoms with E-state index in [-0.39, 0.29) is 36.8 Å². The predicted octanol–water partition coefficient (Wildman–Crippen LogP) is 0.749. The number of anilines is 1. The zero-order valence-electron chi connectivity index (χ0n) is 13.1. The van der Waals surface area contributed by atoms with Gasteiger partial charge < -0.3 is 15.4 Å². The summed E-state index contributed by atoms with van der Waals surface area (Å²) in [7, 11) is 0. The second kappa shape index (κ2) is 10.1. The molecule has 2 saturated heterocycles. The Morgan fingerprint density at radius 1 is 1.35 bits per heavy atom. The SMILES string of the molecule is Cl.Cl.O=C(Nc1cnn(CCN2CCOCC2)c1)C1CCCN1. The fraction of sp³-hybridized carbons (Fsp3) is 0.714. The molecule has 23 heavy (non-hydrogen) atoms. The van der Waals surface area contributed by atoms with Gasteiger partial charge in [0.2, 0.25) is 5.91 Å². The zero-order valence-corrected chi connectivity index (χ0v) is 14.7. The van der Waals surface area contributed by atoms with Gasteiger partial charge in [0.15, 0.2) is 0 Å². The number of aromatic nitrogens is 2. The summed E-state index contributed by atoms with van der Waals surface area (Å²) in [5, 5.41) is 10.4. The Labute approximate surface area is 148 Å². The van der Waals surface area contributed by atoms with E-state index >= 15 is 0 Å². The molecular formula is C14H25Cl2N5O2. The Bertz CT molecular complexity index is 473. The van der Waals surface area contributed by atoms with Gasteiger partial charge in [-0.05, 0) is 19.4 Å². The predicted molar refractivity (Wildman–Crippen MR) is 93.6 cm³/mol. The summed E-state index contributed by atoms with van der Waals surface area (Å²) in [4.78, 5) is 14.4. The van der Waals surface area contributed by atoms with Crippen molar-refractivity contribution in [3.05, 3.63) is 12.4 Å². The van der Waals surface area contributed by atoms with Gasteiger partial charge in [-0.25, -0.2) is 0 Å². The number of hydrogen-bond donors (Lipinski definition) is 2. The summed E-state index contributed by atoms with van der Waals surface area (Å²) >= 11 is 0. The lowest BCUT2D eigenvalue weighted by atomic mass is 10.2. The number of carbonyl (C=O) groups is 1. The number of amides is 1. The van der Waals surface area contributed by atoms with Crippen molar-refractivity contribution in [3.63, 3.8) is 0 Å². The van der Waals surface area contributed by atoms with Gasteiger partial charge in [0.1, 0.15) is 0 Å². The molecule has 3 heterocycles. The quantitative estimate of drug-likeness (QED) is 0.805. The van der Waals surface area contributed by atoms with E-state index in [9.17, 15) is 4.79 Å². The van der Waals surface area contributed by atoms with Crippen LogP contribution in [0.3, 0.4) is 0 Å². The summed E-state index contributed by atoms with van der Waals surface area (Å²) in [6, 6.07) is -0.0540. The number of nitrogens with one attached hydrogen (secondary N) is 2. The van der Waals surface area contributed by atoms with E-state index < -0.39 is 0 Å². The minimum atomic E-state index is -0.0540. The first-order valence-electron chi connectivity index (χ1n) is 7.68.